The third-order valence-electron chi connectivity index (χ3n) is 4.68. The van der Waals surface area contributed by atoms with Crippen LogP contribution in [-0.2, 0) is 19.7 Å². The predicted molar refractivity (Wildman–Crippen MR) is 123 cm³/mol. The molecule has 3 N–H and O–H groups in total. The summed E-state index contributed by atoms with van der Waals surface area (Å²) in [5.41, 5.74) is 7.07. The van der Waals surface area contributed by atoms with Crippen LogP contribution in [0.4, 0.5) is 4.79 Å². The smallest absolute Gasteiger partial charge is 0.407 e. The molecule has 7 heteroatoms. The fraction of sp³-hybridized carbons (Fsp3) is 0.625. The molecule has 0 heterocycles. The lowest BCUT2D eigenvalue weighted by atomic mass is 9.69. The Hall–Kier alpha value is -2.59. The number of nitriles is 1. The standard InChI is InChI=1S/C14H17N.C7H16N2O2.C3H6O2/c1-12-7-3-4-8-13(12)14(11-15)9-5-2-6-10-14;1-7(2,3)11-6(10)9-5-4-8;1-3(4)5-2/h3-4,7-8H,2,5-6,9-10H2,1H3;4-5,8H2,1-3H3,(H,9,10);1-2H3. The van der Waals surface area contributed by atoms with Gasteiger partial charge in [-0.3, -0.25) is 4.79 Å². The van der Waals surface area contributed by atoms with Gasteiger partial charge in [-0.05, 0) is 51.7 Å². The van der Waals surface area contributed by atoms with E-state index in [-0.39, 0.29) is 11.4 Å². The van der Waals surface area contributed by atoms with Crippen LogP contribution in [0.15, 0.2) is 24.3 Å². The average Bonchev–Trinajstić information content (AvgIpc) is 2.72. The van der Waals surface area contributed by atoms with E-state index in [9.17, 15) is 14.9 Å². The zero-order chi connectivity index (χ0) is 23.9. The molecule has 0 unspecified atom stereocenters. The molecule has 0 spiro atoms. The minimum atomic E-state index is -0.432. The zero-order valence-electron chi connectivity index (χ0n) is 19.9. The molecular formula is C24H39N3O4. The molecule has 0 bridgehead atoms. The lowest BCUT2D eigenvalue weighted by molar-refractivity contribution is -0.137. The van der Waals surface area contributed by atoms with Crippen LogP contribution >= 0.6 is 0 Å². The number of benzene rings is 1. The highest BCUT2D eigenvalue weighted by Crippen LogP contribution is 2.40. The van der Waals surface area contributed by atoms with E-state index in [4.69, 9.17) is 10.5 Å². The van der Waals surface area contributed by atoms with Crippen LogP contribution in [-0.4, -0.2) is 37.9 Å². The zero-order valence-corrected chi connectivity index (χ0v) is 19.9. The van der Waals surface area contributed by atoms with Gasteiger partial charge in [0.25, 0.3) is 0 Å². The largest absolute Gasteiger partial charge is 0.469 e. The fourth-order valence-corrected chi connectivity index (χ4v) is 3.19. The van der Waals surface area contributed by atoms with Gasteiger partial charge in [-0.1, -0.05) is 43.5 Å². The van der Waals surface area contributed by atoms with Gasteiger partial charge in [-0.2, -0.15) is 5.26 Å². The highest BCUT2D eigenvalue weighted by Gasteiger charge is 2.34. The van der Waals surface area contributed by atoms with Crippen molar-refractivity contribution in [2.24, 2.45) is 5.73 Å². The molecule has 7 nitrogen and oxygen atoms in total. The molecule has 1 aliphatic carbocycles. The van der Waals surface area contributed by atoms with Crippen LogP contribution in [0.3, 0.4) is 0 Å². The lowest BCUT2D eigenvalue weighted by Gasteiger charge is -2.32. The SMILES string of the molecule is CC(C)(C)OC(=O)NCCN.COC(C)=O.Cc1ccccc1C1(C#N)CCCCC1. The number of alkyl carbamates (subject to hydrolysis) is 1. The molecular weight excluding hydrogens is 394 g/mol. The topological polar surface area (TPSA) is 114 Å². The summed E-state index contributed by atoms with van der Waals surface area (Å²) in [4.78, 5) is 20.4. The second kappa shape index (κ2) is 14.4. The molecule has 0 aliphatic heterocycles. The molecule has 0 aromatic heterocycles. The summed E-state index contributed by atoms with van der Waals surface area (Å²) < 4.78 is 9.05. The van der Waals surface area contributed by atoms with Crippen LogP contribution in [0.25, 0.3) is 0 Å². The Kier molecular flexibility index (Phi) is 13.2. The molecule has 1 saturated carbocycles. The minimum absolute atomic E-state index is 0.191. The van der Waals surface area contributed by atoms with Crippen molar-refractivity contribution in [3.8, 4) is 6.07 Å². The predicted octanol–water partition coefficient (Wildman–Crippen LogP) is 4.37. The normalized spacial score (nSPS) is 14.4. The first-order valence-corrected chi connectivity index (χ1v) is 10.7. The van der Waals surface area contributed by atoms with E-state index in [0.717, 1.165) is 12.8 Å². The van der Waals surface area contributed by atoms with Crippen LogP contribution in [0, 0.1) is 18.3 Å². The number of ether oxygens (including phenoxy) is 2. The highest BCUT2D eigenvalue weighted by molar-refractivity contribution is 5.67. The van der Waals surface area contributed by atoms with E-state index in [1.165, 1.54) is 44.4 Å². The van der Waals surface area contributed by atoms with E-state index in [1.54, 1.807) is 0 Å². The molecule has 174 valence electrons. The van der Waals surface area contributed by atoms with Gasteiger partial charge < -0.3 is 20.5 Å². The number of methoxy groups -OCH3 is 1. The van der Waals surface area contributed by atoms with Crippen molar-refractivity contribution in [2.75, 3.05) is 20.2 Å². The van der Waals surface area contributed by atoms with Gasteiger partial charge in [0.2, 0.25) is 0 Å². The number of aryl methyl sites for hydroxylation is 1. The summed E-state index contributed by atoms with van der Waals surface area (Å²) in [6, 6.07) is 10.9. The first-order valence-electron chi connectivity index (χ1n) is 10.7. The Morgan fingerprint density at radius 1 is 1.19 bits per heavy atom. The van der Waals surface area contributed by atoms with E-state index in [2.05, 4.69) is 41.2 Å². The Labute approximate surface area is 187 Å². The molecule has 0 radical (unpaired) electrons. The van der Waals surface area contributed by atoms with Crippen molar-refractivity contribution in [3.05, 3.63) is 35.4 Å². The molecule has 31 heavy (non-hydrogen) atoms. The first kappa shape index (κ1) is 28.4. The molecule has 1 aromatic carbocycles. The Morgan fingerprint density at radius 3 is 2.16 bits per heavy atom. The van der Waals surface area contributed by atoms with Gasteiger partial charge in [0, 0.05) is 20.0 Å². The van der Waals surface area contributed by atoms with Crippen molar-refractivity contribution < 1.29 is 19.1 Å². The van der Waals surface area contributed by atoms with Crippen LogP contribution in [0.1, 0.15) is 70.9 Å². The van der Waals surface area contributed by atoms with Crippen molar-refractivity contribution >= 4 is 12.1 Å². The van der Waals surface area contributed by atoms with Crippen LogP contribution in [0.5, 0.6) is 0 Å². The summed E-state index contributed by atoms with van der Waals surface area (Å²) in [6.07, 6.45) is 5.34. The van der Waals surface area contributed by atoms with E-state index in [1.807, 2.05) is 26.8 Å². The van der Waals surface area contributed by atoms with Crippen molar-refractivity contribution in [1.82, 2.24) is 5.32 Å². The number of nitrogens with one attached hydrogen (secondary N) is 1. The second-order valence-electron chi connectivity index (χ2n) is 8.48. The number of rotatable bonds is 3. The van der Waals surface area contributed by atoms with Gasteiger partial charge in [0.1, 0.15) is 5.60 Å². The van der Waals surface area contributed by atoms with Crippen molar-refractivity contribution in [2.45, 2.75) is 77.7 Å². The number of nitrogens with zero attached hydrogens (tertiary/aromatic N) is 1. The Morgan fingerprint density at radius 2 is 1.74 bits per heavy atom. The minimum Gasteiger partial charge on any atom is -0.469 e. The molecule has 0 saturated heterocycles. The highest BCUT2D eigenvalue weighted by atomic mass is 16.6. The number of amides is 1. The fourth-order valence-electron chi connectivity index (χ4n) is 3.19. The molecule has 1 fully saturated rings. The summed E-state index contributed by atoms with van der Waals surface area (Å²) in [7, 11) is 1.35. The van der Waals surface area contributed by atoms with Gasteiger partial charge in [0.05, 0.1) is 18.6 Å². The van der Waals surface area contributed by atoms with Gasteiger partial charge in [0.15, 0.2) is 0 Å². The second-order valence-corrected chi connectivity index (χ2v) is 8.48. The maximum atomic E-state index is 10.8. The third-order valence-corrected chi connectivity index (χ3v) is 4.68. The van der Waals surface area contributed by atoms with Crippen molar-refractivity contribution in [3.63, 3.8) is 0 Å². The monoisotopic (exact) mass is 433 g/mol. The van der Waals surface area contributed by atoms with E-state index in [0.29, 0.717) is 13.1 Å². The van der Waals surface area contributed by atoms with Crippen molar-refractivity contribution in [1.29, 1.82) is 5.26 Å². The van der Waals surface area contributed by atoms with Gasteiger partial charge >= 0.3 is 12.1 Å². The third kappa shape index (κ3) is 12.0. The molecule has 2 rings (SSSR count). The quantitative estimate of drug-likeness (QED) is 0.684. The molecule has 1 aromatic rings. The molecule has 0 atom stereocenters. The number of hydrogen-bond acceptors (Lipinski definition) is 6. The summed E-state index contributed by atoms with van der Waals surface area (Å²) >= 11 is 0. The Bertz CT molecular complexity index is 714. The first-order chi connectivity index (χ1) is 14.5. The number of esters is 1. The number of hydrogen-bond donors (Lipinski definition) is 2. The van der Waals surface area contributed by atoms with Crippen LogP contribution < -0.4 is 11.1 Å². The maximum absolute atomic E-state index is 10.8. The summed E-state index contributed by atoms with van der Waals surface area (Å²) in [5.74, 6) is -0.245. The average molecular weight is 434 g/mol. The summed E-state index contributed by atoms with van der Waals surface area (Å²) in [6.45, 7) is 9.80. The van der Waals surface area contributed by atoms with Gasteiger partial charge in [-0.25, -0.2) is 4.79 Å². The van der Waals surface area contributed by atoms with E-state index >= 15 is 0 Å². The summed E-state index contributed by atoms with van der Waals surface area (Å²) in [5, 5.41) is 12.0. The Balaban J connectivity index is 0.000000496. The van der Waals surface area contributed by atoms with Gasteiger partial charge in [-0.15, -0.1) is 0 Å². The van der Waals surface area contributed by atoms with E-state index < -0.39 is 11.7 Å². The number of carbonyl (C=O) groups excluding carboxylic acids is 2. The maximum Gasteiger partial charge on any atom is 0.407 e. The molecule has 1 amide bonds. The lowest BCUT2D eigenvalue weighted by Crippen LogP contribution is -2.35. The number of nitrogens with two attached hydrogens (primary N) is 1. The van der Waals surface area contributed by atoms with Crippen LogP contribution in [0.2, 0.25) is 0 Å². The molecule has 1 aliphatic rings. The number of carbonyl (C=O) groups is 2.